The number of carbonyl (C=O) groups excluding carboxylic acids is 1. The summed E-state index contributed by atoms with van der Waals surface area (Å²) in [6, 6.07) is 12.0. The topological polar surface area (TPSA) is 51.2 Å². The fourth-order valence-electron chi connectivity index (χ4n) is 2.27. The van der Waals surface area contributed by atoms with Gasteiger partial charge < -0.3 is 10.1 Å². The summed E-state index contributed by atoms with van der Waals surface area (Å²) in [6.07, 6.45) is 3.47. The number of hydrogen-bond donors (Lipinski definition) is 1. The van der Waals surface area contributed by atoms with Gasteiger partial charge in [-0.2, -0.15) is 0 Å². The van der Waals surface area contributed by atoms with Gasteiger partial charge in [0.05, 0.1) is 18.2 Å². The number of rotatable bonds is 7. The van der Waals surface area contributed by atoms with E-state index < -0.39 is 0 Å². The van der Waals surface area contributed by atoms with Gasteiger partial charge in [0.25, 0.3) is 5.91 Å². The van der Waals surface area contributed by atoms with E-state index in [0.717, 1.165) is 28.5 Å². The molecule has 0 fully saturated rings. The number of aryl methyl sites for hydroxylation is 1. The average Bonchev–Trinajstić information content (AvgIpc) is 3.30. The highest BCUT2D eigenvalue weighted by molar-refractivity contribution is 7.21. The van der Waals surface area contributed by atoms with Crippen LogP contribution in [0, 0.1) is 0 Å². The molecule has 0 radical (unpaired) electrons. The molecule has 0 unspecified atom stereocenters. The summed E-state index contributed by atoms with van der Waals surface area (Å²) >= 11 is 3.06. The second-order valence-corrected chi connectivity index (χ2v) is 7.19. The zero-order chi connectivity index (χ0) is 16.8. The number of benzene rings is 1. The predicted molar refractivity (Wildman–Crippen MR) is 99.1 cm³/mol. The van der Waals surface area contributed by atoms with E-state index >= 15 is 0 Å². The standard InChI is InChI=1S/C18H18N2O2S2/c1-22-14-8-6-13(7-9-14)4-2-10-19-17(21)16-12-20-18(24-16)15-5-3-11-23-15/h3,5-9,11-12H,2,4,10H2,1H3,(H,19,21). The lowest BCUT2D eigenvalue weighted by molar-refractivity contribution is 0.0957. The lowest BCUT2D eigenvalue weighted by Gasteiger charge is -2.05. The Labute approximate surface area is 149 Å². The summed E-state index contributed by atoms with van der Waals surface area (Å²) in [7, 11) is 1.66. The number of hydrogen-bond acceptors (Lipinski definition) is 5. The average molecular weight is 358 g/mol. The van der Waals surface area contributed by atoms with Gasteiger partial charge in [-0.1, -0.05) is 18.2 Å². The molecule has 0 aliphatic heterocycles. The van der Waals surface area contributed by atoms with Crippen molar-refractivity contribution in [3.05, 3.63) is 58.4 Å². The first-order valence-electron chi connectivity index (χ1n) is 7.67. The van der Waals surface area contributed by atoms with Crippen LogP contribution in [0.15, 0.2) is 48.0 Å². The Morgan fingerprint density at radius 2 is 2.08 bits per heavy atom. The Balaban J connectivity index is 1.45. The normalized spacial score (nSPS) is 10.5. The number of nitrogens with one attached hydrogen (secondary N) is 1. The van der Waals surface area contributed by atoms with Crippen molar-refractivity contribution in [2.75, 3.05) is 13.7 Å². The van der Waals surface area contributed by atoms with E-state index in [1.165, 1.54) is 16.9 Å². The van der Waals surface area contributed by atoms with Crippen LogP contribution in [0.25, 0.3) is 9.88 Å². The Kier molecular flexibility index (Phi) is 5.61. The van der Waals surface area contributed by atoms with E-state index in [-0.39, 0.29) is 5.91 Å². The molecule has 0 spiro atoms. The van der Waals surface area contributed by atoms with Crippen molar-refractivity contribution in [1.82, 2.24) is 10.3 Å². The van der Waals surface area contributed by atoms with Crippen LogP contribution in [0.5, 0.6) is 5.75 Å². The van der Waals surface area contributed by atoms with Crippen molar-refractivity contribution in [1.29, 1.82) is 0 Å². The molecule has 3 aromatic rings. The number of ether oxygens (including phenoxy) is 1. The molecule has 6 heteroatoms. The van der Waals surface area contributed by atoms with Gasteiger partial charge in [-0.3, -0.25) is 4.79 Å². The Hall–Kier alpha value is -2.18. The quantitative estimate of drug-likeness (QED) is 0.643. The van der Waals surface area contributed by atoms with E-state index in [2.05, 4.69) is 22.4 Å². The highest BCUT2D eigenvalue weighted by atomic mass is 32.1. The second kappa shape index (κ2) is 8.08. The monoisotopic (exact) mass is 358 g/mol. The smallest absolute Gasteiger partial charge is 0.263 e. The molecule has 0 atom stereocenters. The minimum Gasteiger partial charge on any atom is -0.497 e. The van der Waals surface area contributed by atoms with E-state index in [1.54, 1.807) is 24.6 Å². The van der Waals surface area contributed by atoms with Crippen LogP contribution in [0.2, 0.25) is 0 Å². The zero-order valence-electron chi connectivity index (χ0n) is 13.3. The molecule has 1 N–H and O–H groups in total. The number of thiazole rings is 1. The van der Waals surface area contributed by atoms with Gasteiger partial charge in [0.15, 0.2) is 0 Å². The Morgan fingerprint density at radius 1 is 1.25 bits per heavy atom. The minimum atomic E-state index is -0.0509. The fraction of sp³-hybridized carbons (Fsp3) is 0.222. The molecule has 0 aliphatic carbocycles. The lowest BCUT2D eigenvalue weighted by atomic mass is 10.1. The van der Waals surface area contributed by atoms with Gasteiger partial charge in [0.1, 0.15) is 15.6 Å². The number of aromatic nitrogens is 1. The van der Waals surface area contributed by atoms with Gasteiger partial charge in [-0.25, -0.2) is 4.98 Å². The number of carbonyl (C=O) groups is 1. The molecular weight excluding hydrogens is 340 g/mol. The molecule has 2 heterocycles. The number of thiophene rings is 1. The zero-order valence-corrected chi connectivity index (χ0v) is 15.0. The van der Waals surface area contributed by atoms with Crippen LogP contribution in [0.1, 0.15) is 21.7 Å². The van der Waals surface area contributed by atoms with Crippen LogP contribution in [-0.2, 0) is 6.42 Å². The van der Waals surface area contributed by atoms with Gasteiger partial charge in [0.2, 0.25) is 0 Å². The third-order valence-corrected chi connectivity index (χ3v) is 5.58. The third kappa shape index (κ3) is 4.21. The van der Waals surface area contributed by atoms with Crippen molar-refractivity contribution in [3.8, 4) is 15.6 Å². The summed E-state index contributed by atoms with van der Waals surface area (Å²) in [5, 5.41) is 5.87. The van der Waals surface area contributed by atoms with Crippen molar-refractivity contribution in [2.24, 2.45) is 0 Å². The van der Waals surface area contributed by atoms with Crippen LogP contribution >= 0.6 is 22.7 Å². The Bertz CT molecular complexity index is 780. The summed E-state index contributed by atoms with van der Waals surface area (Å²) in [5.41, 5.74) is 1.24. The van der Waals surface area contributed by atoms with E-state index in [1.807, 2.05) is 29.6 Å². The van der Waals surface area contributed by atoms with Crippen LogP contribution in [0.4, 0.5) is 0 Å². The van der Waals surface area contributed by atoms with Crippen LogP contribution in [-0.4, -0.2) is 24.5 Å². The highest BCUT2D eigenvalue weighted by Gasteiger charge is 2.11. The van der Waals surface area contributed by atoms with Gasteiger partial charge in [-0.05, 0) is 42.0 Å². The summed E-state index contributed by atoms with van der Waals surface area (Å²) in [6.45, 7) is 0.650. The molecule has 0 saturated heterocycles. The molecule has 1 aromatic carbocycles. The molecule has 3 rings (SSSR count). The molecule has 124 valence electrons. The largest absolute Gasteiger partial charge is 0.497 e. The van der Waals surface area contributed by atoms with Crippen molar-refractivity contribution < 1.29 is 9.53 Å². The molecule has 0 bridgehead atoms. The fourth-order valence-corrected chi connectivity index (χ4v) is 3.90. The Morgan fingerprint density at radius 3 is 2.79 bits per heavy atom. The summed E-state index contributed by atoms with van der Waals surface area (Å²) < 4.78 is 5.14. The third-order valence-electron chi connectivity index (χ3n) is 3.55. The SMILES string of the molecule is COc1ccc(CCCNC(=O)c2cnc(-c3cccs3)s2)cc1. The van der Waals surface area contributed by atoms with Crippen LogP contribution < -0.4 is 10.1 Å². The van der Waals surface area contributed by atoms with Crippen molar-refractivity contribution >= 4 is 28.6 Å². The number of methoxy groups -OCH3 is 1. The van der Waals surface area contributed by atoms with Gasteiger partial charge in [-0.15, -0.1) is 22.7 Å². The molecule has 24 heavy (non-hydrogen) atoms. The number of nitrogens with zero attached hydrogens (tertiary/aromatic N) is 1. The molecule has 0 saturated carbocycles. The van der Waals surface area contributed by atoms with E-state index in [4.69, 9.17) is 4.74 Å². The first-order valence-corrected chi connectivity index (χ1v) is 9.37. The highest BCUT2D eigenvalue weighted by Crippen LogP contribution is 2.28. The number of amides is 1. The van der Waals surface area contributed by atoms with Gasteiger partial charge >= 0.3 is 0 Å². The predicted octanol–water partition coefficient (Wildman–Crippen LogP) is 4.24. The van der Waals surface area contributed by atoms with Crippen molar-refractivity contribution in [3.63, 3.8) is 0 Å². The minimum absolute atomic E-state index is 0.0509. The molecule has 1 amide bonds. The maximum atomic E-state index is 12.2. The van der Waals surface area contributed by atoms with E-state index in [0.29, 0.717) is 11.4 Å². The molecule has 0 aliphatic rings. The molecule has 2 aromatic heterocycles. The second-order valence-electron chi connectivity index (χ2n) is 5.21. The van der Waals surface area contributed by atoms with E-state index in [9.17, 15) is 4.79 Å². The maximum Gasteiger partial charge on any atom is 0.263 e. The van der Waals surface area contributed by atoms with Crippen molar-refractivity contribution in [2.45, 2.75) is 12.8 Å². The van der Waals surface area contributed by atoms with Gasteiger partial charge in [0, 0.05) is 6.54 Å². The molecular formula is C18H18N2O2S2. The maximum absolute atomic E-state index is 12.2. The summed E-state index contributed by atoms with van der Waals surface area (Å²) in [4.78, 5) is 18.2. The van der Waals surface area contributed by atoms with Crippen LogP contribution in [0.3, 0.4) is 0 Å². The first kappa shape index (κ1) is 16.7. The molecule has 4 nitrogen and oxygen atoms in total. The first-order chi connectivity index (χ1) is 11.8. The summed E-state index contributed by atoms with van der Waals surface area (Å²) in [5.74, 6) is 0.809. The lowest BCUT2D eigenvalue weighted by Crippen LogP contribution is -2.23.